The average Bonchev–Trinajstić information content (AvgIpc) is 3.17. The number of hydrogen-bond acceptors (Lipinski definition) is 5. The van der Waals surface area contributed by atoms with E-state index in [9.17, 15) is 13.6 Å². The van der Waals surface area contributed by atoms with Gasteiger partial charge in [0, 0.05) is 10.5 Å². The summed E-state index contributed by atoms with van der Waals surface area (Å²) in [6.45, 7) is 0.186. The predicted molar refractivity (Wildman–Crippen MR) is 107 cm³/mol. The summed E-state index contributed by atoms with van der Waals surface area (Å²) in [5.74, 6) is 0.547. The molecule has 0 saturated carbocycles. The van der Waals surface area contributed by atoms with E-state index in [0.717, 1.165) is 4.90 Å². The number of aromatic nitrogens is 2. The van der Waals surface area contributed by atoms with Crippen LogP contribution in [0.15, 0.2) is 59.5 Å². The molecule has 1 heterocycles. The highest BCUT2D eigenvalue weighted by Crippen LogP contribution is 2.30. The van der Waals surface area contributed by atoms with Gasteiger partial charge in [-0.1, -0.05) is 0 Å². The van der Waals surface area contributed by atoms with E-state index in [4.69, 9.17) is 10.5 Å². The molecule has 0 spiro atoms. The Balaban J connectivity index is 1.84. The lowest BCUT2D eigenvalue weighted by molar-refractivity contribution is 0.134. The molecule has 3 aromatic rings. The number of rotatable bonds is 8. The summed E-state index contributed by atoms with van der Waals surface area (Å²) in [5.41, 5.74) is 6.52. The van der Waals surface area contributed by atoms with Crippen LogP contribution in [-0.4, -0.2) is 35.3 Å². The lowest BCUT2D eigenvalue weighted by Crippen LogP contribution is -2.17. The van der Waals surface area contributed by atoms with Crippen LogP contribution in [0.25, 0.3) is 16.9 Å². The molecule has 3 rings (SSSR count). The van der Waals surface area contributed by atoms with Crippen molar-refractivity contribution in [3.63, 3.8) is 0 Å². The third-order valence-corrected chi connectivity index (χ3v) is 4.76. The Morgan fingerprint density at radius 3 is 2.41 bits per heavy atom. The molecule has 0 aliphatic rings. The van der Waals surface area contributed by atoms with Gasteiger partial charge in [0.2, 0.25) is 0 Å². The topological polar surface area (TPSA) is 79.4 Å². The quantitative estimate of drug-likeness (QED) is 0.424. The maximum Gasteiger partial charge on any atom is 0.404 e. The summed E-state index contributed by atoms with van der Waals surface area (Å²) in [7, 11) is 0. The lowest BCUT2D eigenvalue weighted by atomic mass is 10.1. The van der Waals surface area contributed by atoms with Crippen molar-refractivity contribution in [1.29, 1.82) is 0 Å². The van der Waals surface area contributed by atoms with Gasteiger partial charge in [0.15, 0.2) is 0 Å². The van der Waals surface area contributed by atoms with Crippen LogP contribution in [-0.2, 0) is 4.74 Å². The van der Waals surface area contributed by atoms with Crippen LogP contribution in [0.3, 0.4) is 0 Å². The minimum Gasteiger partial charge on any atom is -0.490 e. The van der Waals surface area contributed by atoms with Crippen molar-refractivity contribution in [2.45, 2.75) is 11.3 Å². The van der Waals surface area contributed by atoms with Gasteiger partial charge >= 0.3 is 6.09 Å². The molecule has 0 radical (unpaired) electrons. The fourth-order valence-corrected chi connectivity index (χ4v) is 3.06. The summed E-state index contributed by atoms with van der Waals surface area (Å²) in [6.07, 6.45) is -1.57. The fraction of sp³-hybridized carbons (Fsp3) is 0.200. The molecule has 0 aliphatic carbocycles. The molecule has 0 fully saturated rings. The Kier molecular flexibility index (Phi) is 6.71. The Hall–Kier alpha value is -3.07. The number of halogens is 2. The molecule has 6 nitrogen and oxygen atoms in total. The summed E-state index contributed by atoms with van der Waals surface area (Å²) in [5, 5.41) is 4.08. The van der Waals surface area contributed by atoms with Crippen LogP contribution in [0.4, 0.5) is 13.6 Å². The normalized spacial score (nSPS) is 10.9. The molecule has 29 heavy (non-hydrogen) atoms. The van der Waals surface area contributed by atoms with Crippen LogP contribution < -0.4 is 10.5 Å². The number of benzene rings is 2. The Labute approximate surface area is 170 Å². The molecule has 0 unspecified atom stereocenters. The SMILES string of the molecule is CSc1ccc(-n2nc(C(F)F)cc2-c2ccc(OCCOC(N)=O)cc2)cc1. The molecule has 2 aromatic carbocycles. The minimum atomic E-state index is -2.67. The van der Waals surface area contributed by atoms with Gasteiger partial charge in [-0.25, -0.2) is 18.3 Å². The maximum absolute atomic E-state index is 13.3. The van der Waals surface area contributed by atoms with Gasteiger partial charge in [0.1, 0.15) is 24.7 Å². The van der Waals surface area contributed by atoms with Crippen LogP contribution in [0, 0.1) is 0 Å². The van der Waals surface area contributed by atoms with Gasteiger partial charge in [0.05, 0.1) is 11.4 Å². The average molecular weight is 419 g/mol. The molecular weight excluding hydrogens is 400 g/mol. The minimum absolute atomic E-state index is 0.0354. The number of ether oxygens (including phenoxy) is 2. The molecule has 2 N–H and O–H groups in total. The Bertz CT molecular complexity index is 960. The van der Waals surface area contributed by atoms with Crippen LogP contribution in [0.2, 0.25) is 0 Å². The number of alkyl halides is 2. The number of thioether (sulfide) groups is 1. The van der Waals surface area contributed by atoms with Crippen LogP contribution in [0.5, 0.6) is 5.75 Å². The van der Waals surface area contributed by atoms with Gasteiger partial charge in [-0.05, 0) is 60.9 Å². The van der Waals surface area contributed by atoms with Crippen LogP contribution in [0.1, 0.15) is 12.1 Å². The van der Waals surface area contributed by atoms with Gasteiger partial charge in [-0.3, -0.25) is 0 Å². The molecule has 152 valence electrons. The highest BCUT2D eigenvalue weighted by Gasteiger charge is 2.18. The number of hydrogen-bond donors (Lipinski definition) is 1. The van der Waals surface area contributed by atoms with E-state index in [1.54, 1.807) is 36.0 Å². The fourth-order valence-electron chi connectivity index (χ4n) is 2.66. The Morgan fingerprint density at radius 1 is 1.14 bits per heavy atom. The van der Waals surface area contributed by atoms with E-state index in [1.165, 1.54) is 10.7 Å². The number of amides is 1. The van der Waals surface area contributed by atoms with E-state index in [0.29, 0.717) is 22.7 Å². The first-order valence-corrected chi connectivity index (χ1v) is 9.88. The van der Waals surface area contributed by atoms with E-state index in [-0.39, 0.29) is 18.9 Å². The lowest BCUT2D eigenvalue weighted by Gasteiger charge is -2.10. The van der Waals surface area contributed by atoms with Gasteiger partial charge in [0.25, 0.3) is 6.43 Å². The molecule has 0 atom stereocenters. The van der Waals surface area contributed by atoms with Gasteiger partial charge in [-0.2, -0.15) is 5.10 Å². The number of primary amides is 1. The second-order valence-electron chi connectivity index (χ2n) is 5.91. The first-order chi connectivity index (χ1) is 14.0. The number of nitrogens with two attached hydrogens (primary N) is 1. The van der Waals surface area contributed by atoms with Crippen molar-refractivity contribution >= 4 is 17.9 Å². The summed E-state index contributed by atoms with van der Waals surface area (Å²) in [6, 6.07) is 15.8. The maximum atomic E-state index is 13.3. The van der Waals surface area contributed by atoms with Crippen molar-refractivity contribution in [3.8, 4) is 22.7 Å². The van der Waals surface area contributed by atoms with Crippen molar-refractivity contribution in [2.75, 3.05) is 19.5 Å². The van der Waals surface area contributed by atoms with E-state index in [2.05, 4.69) is 9.84 Å². The molecule has 0 aliphatic heterocycles. The van der Waals surface area contributed by atoms with E-state index in [1.807, 2.05) is 30.5 Å². The molecule has 9 heteroatoms. The smallest absolute Gasteiger partial charge is 0.404 e. The number of carbonyl (C=O) groups excluding carboxylic acids is 1. The predicted octanol–water partition coefficient (Wildman–Crippen LogP) is 4.67. The van der Waals surface area contributed by atoms with Crippen molar-refractivity contribution in [1.82, 2.24) is 9.78 Å². The van der Waals surface area contributed by atoms with E-state index < -0.39 is 12.5 Å². The summed E-state index contributed by atoms with van der Waals surface area (Å²) < 4.78 is 38.1. The van der Waals surface area contributed by atoms with Crippen molar-refractivity contribution in [3.05, 3.63) is 60.3 Å². The molecule has 1 amide bonds. The van der Waals surface area contributed by atoms with Crippen LogP contribution >= 0.6 is 11.8 Å². The van der Waals surface area contributed by atoms with Gasteiger partial charge < -0.3 is 15.2 Å². The first kappa shape index (κ1) is 20.7. The number of carbonyl (C=O) groups is 1. The zero-order valence-corrected chi connectivity index (χ0v) is 16.4. The third-order valence-electron chi connectivity index (χ3n) is 4.02. The third kappa shape index (κ3) is 5.26. The second-order valence-corrected chi connectivity index (χ2v) is 6.78. The highest BCUT2D eigenvalue weighted by molar-refractivity contribution is 7.98. The zero-order chi connectivity index (χ0) is 20.8. The number of nitrogens with zero attached hydrogens (tertiary/aromatic N) is 2. The monoisotopic (exact) mass is 419 g/mol. The summed E-state index contributed by atoms with van der Waals surface area (Å²) in [4.78, 5) is 11.6. The largest absolute Gasteiger partial charge is 0.490 e. The standard InChI is InChI=1S/C20H19F2N3O3S/c1-29-16-8-4-14(5-9-16)25-18(12-17(24-25)19(21)22)13-2-6-15(7-3-13)27-10-11-28-20(23)26/h2-9,12,19H,10-11H2,1H3,(H2,23,26). The van der Waals surface area contributed by atoms with Crippen molar-refractivity contribution in [2.24, 2.45) is 5.73 Å². The van der Waals surface area contributed by atoms with E-state index >= 15 is 0 Å². The molecule has 1 aromatic heterocycles. The van der Waals surface area contributed by atoms with Gasteiger partial charge in [-0.15, -0.1) is 11.8 Å². The highest BCUT2D eigenvalue weighted by atomic mass is 32.2. The first-order valence-electron chi connectivity index (χ1n) is 8.66. The zero-order valence-electron chi connectivity index (χ0n) is 15.5. The molecule has 0 bridgehead atoms. The Morgan fingerprint density at radius 2 is 1.83 bits per heavy atom. The second kappa shape index (κ2) is 9.42. The van der Waals surface area contributed by atoms with Crippen molar-refractivity contribution < 1.29 is 23.0 Å². The molecule has 0 saturated heterocycles. The molecular formula is C20H19F2N3O3S. The summed E-state index contributed by atoms with van der Waals surface area (Å²) >= 11 is 1.60.